The molecule has 0 amide bonds. The number of thioether (sulfide) groups is 1. The molecule has 1 heterocycles. The van der Waals surface area contributed by atoms with Crippen LogP contribution in [0.25, 0.3) is 0 Å². The first-order valence-electron chi connectivity index (χ1n) is 5.77. The van der Waals surface area contributed by atoms with Gasteiger partial charge in [0.25, 0.3) is 0 Å². The minimum absolute atomic E-state index is 0.0595. The van der Waals surface area contributed by atoms with Crippen molar-refractivity contribution in [1.82, 2.24) is 0 Å². The second-order valence-electron chi connectivity index (χ2n) is 5.54. The quantitative estimate of drug-likeness (QED) is 0.794. The van der Waals surface area contributed by atoms with Gasteiger partial charge in [0.15, 0.2) is 9.84 Å². The van der Waals surface area contributed by atoms with Crippen molar-refractivity contribution in [2.45, 2.75) is 42.6 Å². The zero-order valence-corrected chi connectivity index (χ0v) is 12.0. The lowest BCUT2D eigenvalue weighted by Gasteiger charge is -2.29. The Bertz CT molecular complexity index is 471. The molecule has 96 valence electrons. The Morgan fingerprint density at radius 2 is 2.06 bits per heavy atom. The van der Waals surface area contributed by atoms with Crippen LogP contribution in [0.5, 0.6) is 0 Å². The summed E-state index contributed by atoms with van der Waals surface area (Å²) in [6.07, 6.45) is 6.79. The van der Waals surface area contributed by atoms with Gasteiger partial charge in [0.1, 0.15) is 0 Å². The number of fused-ring (bicyclic) bond motifs is 1. The molecule has 3 nitrogen and oxygen atoms in total. The van der Waals surface area contributed by atoms with E-state index in [2.05, 4.69) is 0 Å². The standard InChI is InChI=1S/C12H19NO2S2/c1-12(2,3)17(14,15)10-8-6-4-5-7-9(8)16-11(10)13/h4-5,7-8,10-11H,6,13H2,1-3H3. The molecule has 2 aliphatic rings. The molecule has 5 heteroatoms. The van der Waals surface area contributed by atoms with Crippen molar-refractivity contribution in [3.8, 4) is 0 Å². The average molecular weight is 273 g/mol. The number of hydrogen-bond donors (Lipinski definition) is 1. The van der Waals surface area contributed by atoms with E-state index in [0.717, 1.165) is 11.3 Å². The second-order valence-corrected chi connectivity index (χ2v) is 9.65. The molecule has 1 aliphatic carbocycles. The summed E-state index contributed by atoms with van der Waals surface area (Å²) in [5.41, 5.74) is 6.04. The van der Waals surface area contributed by atoms with E-state index in [4.69, 9.17) is 5.73 Å². The monoisotopic (exact) mass is 273 g/mol. The first-order valence-corrected chi connectivity index (χ1v) is 8.20. The zero-order chi connectivity index (χ0) is 12.8. The molecule has 0 aromatic carbocycles. The Balaban J connectivity index is 2.40. The van der Waals surface area contributed by atoms with E-state index in [1.807, 2.05) is 18.2 Å². The van der Waals surface area contributed by atoms with Gasteiger partial charge >= 0.3 is 0 Å². The summed E-state index contributed by atoms with van der Waals surface area (Å²) in [6, 6.07) is 0. The van der Waals surface area contributed by atoms with Crippen molar-refractivity contribution < 1.29 is 8.42 Å². The van der Waals surface area contributed by atoms with Gasteiger partial charge in [0.2, 0.25) is 0 Å². The van der Waals surface area contributed by atoms with Crippen LogP contribution in [0.2, 0.25) is 0 Å². The molecule has 0 aromatic heterocycles. The SMILES string of the molecule is CC(C)(C)S(=O)(=O)C1C(N)SC2=CC=CCC21. The van der Waals surface area contributed by atoms with Crippen LogP contribution in [0.15, 0.2) is 23.1 Å². The van der Waals surface area contributed by atoms with Gasteiger partial charge in [-0.15, -0.1) is 11.8 Å². The van der Waals surface area contributed by atoms with E-state index in [-0.39, 0.29) is 11.3 Å². The molecule has 2 rings (SSSR count). The lowest BCUT2D eigenvalue weighted by Crippen LogP contribution is -2.46. The molecule has 0 bridgehead atoms. The third-order valence-corrected chi connectivity index (χ3v) is 7.85. The van der Waals surface area contributed by atoms with Gasteiger partial charge in [-0.3, -0.25) is 0 Å². The maximum absolute atomic E-state index is 12.6. The van der Waals surface area contributed by atoms with Crippen LogP contribution in [0.4, 0.5) is 0 Å². The van der Waals surface area contributed by atoms with Gasteiger partial charge < -0.3 is 5.73 Å². The summed E-state index contributed by atoms with van der Waals surface area (Å²) < 4.78 is 24.4. The molecule has 1 saturated heterocycles. The smallest absolute Gasteiger partial charge is 0.161 e. The number of allylic oxidation sites excluding steroid dienone is 4. The molecule has 1 aliphatic heterocycles. The zero-order valence-electron chi connectivity index (χ0n) is 10.4. The maximum Gasteiger partial charge on any atom is 0.161 e. The van der Waals surface area contributed by atoms with Crippen molar-refractivity contribution in [3.05, 3.63) is 23.1 Å². The van der Waals surface area contributed by atoms with E-state index >= 15 is 0 Å². The average Bonchev–Trinajstić information content (AvgIpc) is 2.51. The van der Waals surface area contributed by atoms with E-state index in [9.17, 15) is 8.42 Å². The fourth-order valence-electron chi connectivity index (χ4n) is 2.30. The number of rotatable bonds is 1. The Hall–Kier alpha value is -0.260. The molecule has 0 saturated carbocycles. The van der Waals surface area contributed by atoms with Crippen LogP contribution in [0, 0.1) is 5.92 Å². The summed E-state index contributed by atoms with van der Waals surface area (Å²) in [5.74, 6) is 0.0595. The molecule has 0 radical (unpaired) electrons. The normalized spacial score (nSPS) is 33.4. The highest BCUT2D eigenvalue weighted by Crippen LogP contribution is 2.48. The van der Waals surface area contributed by atoms with Gasteiger partial charge in [0.05, 0.1) is 15.4 Å². The number of nitrogens with two attached hydrogens (primary N) is 1. The van der Waals surface area contributed by atoms with E-state index < -0.39 is 19.8 Å². The molecular formula is C12H19NO2S2. The largest absolute Gasteiger partial charge is 0.318 e. The summed E-state index contributed by atoms with van der Waals surface area (Å²) in [7, 11) is -3.22. The number of sulfone groups is 1. The lowest BCUT2D eigenvalue weighted by molar-refractivity contribution is 0.508. The number of hydrogen-bond acceptors (Lipinski definition) is 4. The molecular weight excluding hydrogens is 254 g/mol. The predicted molar refractivity (Wildman–Crippen MR) is 73.4 cm³/mol. The Morgan fingerprint density at radius 3 is 2.65 bits per heavy atom. The fourth-order valence-corrected chi connectivity index (χ4v) is 6.07. The first kappa shape index (κ1) is 13.2. The Kier molecular flexibility index (Phi) is 3.21. The van der Waals surface area contributed by atoms with Gasteiger partial charge in [0, 0.05) is 5.92 Å². The van der Waals surface area contributed by atoms with Crippen LogP contribution in [-0.2, 0) is 9.84 Å². The Labute approximate surface area is 107 Å². The van der Waals surface area contributed by atoms with Crippen molar-refractivity contribution in [1.29, 1.82) is 0 Å². The summed E-state index contributed by atoms with van der Waals surface area (Å²) in [5, 5.41) is -0.793. The van der Waals surface area contributed by atoms with Crippen LogP contribution in [-0.4, -0.2) is 23.8 Å². The van der Waals surface area contributed by atoms with E-state index in [1.54, 1.807) is 20.8 Å². The third kappa shape index (κ3) is 2.09. The molecule has 2 N–H and O–H groups in total. The van der Waals surface area contributed by atoms with Crippen molar-refractivity contribution >= 4 is 21.6 Å². The minimum Gasteiger partial charge on any atom is -0.318 e. The predicted octanol–water partition coefficient (Wildman–Crippen LogP) is 2.06. The van der Waals surface area contributed by atoms with Gasteiger partial charge in [-0.25, -0.2) is 8.42 Å². The first-order chi connectivity index (χ1) is 7.75. The van der Waals surface area contributed by atoms with Crippen LogP contribution in [0.3, 0.4) is 0 Å². The summed E-state index contributed by atoms with van der Waals surface area (Å²) >= 11 is 1.51. The summed E-state index contributed by atoms with van der Waals surface area (Å²) in [4.78, 5) is 1.12. The molecule has 3 unspecified atom stereocenters. The maximum atomic E-state index is 12.6. The van der Waals surface area contributed by atoms with E-state index in [1.165, 1.54) is 11.8 Å². The molecule has 3 atom stereocenters. The highest BCUT2D eigenvalue weighted by Gasteiger charge is 2.50. The van der Waals surface area contributed by atoms with Crippen LogP contribution < -0.4 is 5.73 Å². The highest BCUT2D eigenvalue weighted by atomic mass is 32.2. The van der Waals surface area contributed by atoms with Gasteiger partial charge in [-0.1, -0.05) is 18.2 Å². The van der Waals surface area contributed by atoms with Crippen LogP contribution >= 0.6 is 11.8 Å². The third-order valence-electron chi connectivity index (χ3n) is 3.36. The van der Waals surface area contributed by atoms with Crippen LogP contribution in [0.1, 0.15) is 27.2 Å². The van der Waals surface area contributed by atoms with Crippen molar-refractivity contribution in [2.75, 3.05) is 0 Å². The molecule has 17 heavy (non-hydrogen) atoms. The topological polar surface area (TPSA) is 60.2 Å². The van der Waals surface area contributed by atoms with Crippen molar-refractivity contribution in [2.24, 2.45) is 11.7 Å². The minimum atomic E-state index is -3.22. The van der Waals surface area contributed by atoms with Crippen molar-refractivity contribution in [3.63, 3.8) is 0 Å². The van der Waals surface area contributed by atoms with Gasteiger partial charge in [-0.05, 0) is 32.1 Å². The molecule has 0 aromatic rings. The summed E-state index contributed by atoms with van der Waals surface area (Å²) in [6.45, 7) is 5.25. The van der Waals surface area contributed by atoms with E-state index in [0.29, 0.717) is 0 Å². The Morgan fingerprint density at radius 1 is 1.41 bits per heavy atom. The highest BCUT2D eigenvalue weighted by molar-refractivity contribution is 8.05. The second kappa shape index (κ2) is 4.14. The molecule has 1 fully saturated rings. The molecule has 0 spiro atoms. The fraction of sp³-hybridized carbons (Fsp3) is 0.667. The van der Waals surface area contributed by atoms with Gasteiger partial charge in [-0.2, -0.15) is 0 Å². The lowest BCUT2D eigenvalue weighted by atomic mass is 9.97.